The van der Waals surface area contributed by atoms with Gasteiger partial charge in [0.2, 0.25) is 0 Å². The summed E-state index contributed by atoms with van der Waals surface area (Å²) in [7, 11) is 1.96. The molecule has 0 saturated heterocycles. The minimum Gasteiger partial charge on any atom is -0.455 e. The molecule has 2 aromatic heterocycles. The highest BCUT2D eigenvalue weighted by Gasteiger charge is 2.14. The second kappa shape index (κ2) is 8.97. The van der Waals surface area contributed by atoms with E-state index in [1.54, 1.807) is 24.0 Å². The van der Waals surface area contributed by atoms with Crippen LogP contribution in [0.25, 0.3) is 0 Å². The molecule has 24 heavy (non-hydrogen) atoms. The van der Waals surface area contributed by atoms with Crippen molar-refractivity contribution in [3.8, 4) is 0 Å². The Morgan fingerprint density at radius 1 is 1.33 bits per heavy atom. The van der Waals surface area contributed by atoms with Crippen LogP contribution in [0.1, 0.15) is 56.3 Å². The van der Waals surface area contributed by atoms with Gasteiger partial charge in [0.15, 0.2) is 10.9 Å². The topological polar surface area (TPSA) is 60.1 Å². The van der Waals surface area contributed by atoms with E-state index in [2.05, 4.69) is 24.1 Å². The van der Waals surface area contributed by atoms with Crippen molar-refractivity contribution in [1.29, 1.82) is 0 Å². The highest BCUT2D eigenvalue weighted by Crippen LogP contribution is 2.22. The first-order chi connectivity index (χ1) is 11.5. The normalized spacial score (nSPS) is 12.5. The van der Waals surface area contributed by atoms with E-state index in [0.717, 1.165) is 23.8 Å². The van der Waals surface area contributed by atoms with E-state index in [4.69, 9.17) is 4.42 Å². The number of hydrogen-bond acceptors (Lipinski definition) is 4. The van der Waals surface area contributed by atoms with E-state index in [1.807, 2.05) is 30.8 Å². The number of aryl methyl sites for hydroxylation is 1. The third-order valence-corrected chi connectivity index (χ3v) is 4.88. The number of furan rings is 1. The van der Waals surface area contributed by atoms with Crippen LogP contribution in [-0.4, -0.2) is 21.5 Å². The quantitative estimate of drug-likeness (QED) is 0.688. The molecule has 0 aliphatic rings. The Labute approximate surface area is 148 Å². The van der Waals surface area contributed by atoms with E-state index < -0.39 is 0 Å². The van der Waals surface area contributed by atoms with E-state index in [1.165, 1.54) is 6.42 Å². The Morgan fingerprint density at radius 3 is 2.79 bits per heavy atom. The van der Waals surface area contributed by atoms with Gasteiger partial charge in [-0.15, -0.1) is 0 Å². The molecule has 0 spiro atoms. The number of imidazole rings is 1. The largest absolute Gasteiger partial charge is 0.455 e. The van der Waals surface area contributed by atoms with Crippen LogP contribution >= 0.6 is 11.8 Å². The third kappa shape index (κ3) is 5.74. The molecule has 0 bridgehead atoms. The number of amides is 1. The van der Waals surface area contributed by atoms with Crippen molar-refractivity contribution in [1.82, 2.24) is 14.9 Å². The highest BCUT2D eigenvalue weighted by molar-refractivity contribution is 7.98. The van der Waals surface area contributed by atoms with Gasteiger partial charge in [-0.25, -0.2) is 4.98 Å². The summed E-state index contributed by atoms with van der Waals surface area (Å²) >= 11 is 1.59. The smallest absolute Gasteiger partial charge is 0.287 e. The van der Waals surface area contributed by atoms with Gasteiger partial charge in [-0.3, -0.25) is 4.79 Å². The number of thioether (sulfide) groups is 1. The fourth-order valence-electron chi connectivity index (χ4n) is 2.40. The van der Waals surface area contributed by atoms with E-state index in [9.17, 15) is 4.79 Å². The lowest BCUT2D eigenvalue weighted by Crippen LogP contribution is -2.32. The molecule has 6 heteroatoms. The molecule has 0 aromatic carbocycles. The summed E-state index contributed by atoms with van der Waals surface area (Å²) in [6, 6.07) is 3.76. The maximum Gasteiger partial charge on any atom is 0.287 e. The molecule has 2 heterocycles. The Morgan fingerprint density at radius 2 is 2.12 bits per heavy atom. The zero-order valence-corrected chi connectivity index (χ0v) is 15.7. The van der Waals surface area contributed by atoms with E-state index in [0.29, 0.717) is 17.4 Å². The highest BCUT2D eigenvalue weighted by atomic mass is 32.2. The minimum absolute atomic E-state index is 0.139. The number of carbonyl (C=O) groups is 1. The Balaban J connectivity index is 1.79. The first-order valence-electron chi connectivity index (χ1n) is 8.45. The van der Waals surface area contributed by atoms with Crippen molar-refractivity contribution >= 4 is 17.7 Å². The van der Waals surface area contributed by atoms with Gasteiger partial charge < -0.3 is 14.3 Å². The summed E-state index contributed by atoms with van der Waals surface area (Å²) in [6.45, 7) is 6.48. The van der Waals surface area contributed by atoms with Gasteiger partial charge in [0.1, 0.15) is 5.76 Å². The number of aromatic nitrogens is 2. The van der Waals surface area contributed by atoms with Crippen molar-refractivity contribution < 1.29 is 9.21 Å². The Bertz CT molecular complexity index is 648. The molecule has 1 atom stereocenters. The molecule has 0 aliphatic carbocycles. The summed E-state index contributed by atoms with van der Waals surface area (Å²) in [4.78, 5) is 16.5. The van der Waals surface area contributed by atoms with Gasteiger partial charge in [-0.1, -0.05) is 38.5 Å². The lowest BCUT2D eigenvalue weighted by Gasteiger charge is -2.13. The molecule has 0 fully saturated rings. The monoisotopic (exact) mass is 349 g/mol. The molecule has 0 aliphatic heterocycles. The zero-order valence-electron chi connectivity index (χ0n) is 14.9. The molecule has 0 saturated carbocycles. The number of carbonyl (C=O) groups excluding carboxylic acids is 1. The Kier molecular flexibility index (Phi) is 6.97. The average Bonchev–Trinajstić information content (AvgIpc) is 3.13. The minimum atomic E-state index is -0.139. The second-order valence-corrected chi connectivity index (χ2v) is 7.52. The van der Waals surface area contributed by atoms with Crippen LogP contribution in [0.2, 0.25) is 0 Å². The number of rotatable bonds is 9. The molecule has 2 rings (SSSR count). The number of nitrogens with zero attached hydrogens (tertiary/aromatic N) is 2. The Hall–Kier alpha value is -1.69. The lowest BCUT2D eigenvalue weighted by molar-refractivity contribution is 0.0908. The van der Waals surface area contributed by atoms with Crippen molar-refractivity contribution in [2.24, 2.45) is 13.0 Å². The predicted octanol–water partition coefficient (Wildman–Crippen LogP) is 4.25. The van der Waals surface area contributed by atoms with Crippen molar-refractivity contribution in [3.63, 3.8) is 0 Å². The SMILES string of the molecule is CC(C)CCCC(C)NC(=O)c1ccc(CSc2nccn2C)o1. The number of nitrogens with one attached hydrogen (secondary N) is 1. The molecule has 0 radical (unpaired) electrons. The summed E-state index contributed by atoms with van der Waals surface area (Å²) < 4.78 is 7.62. The summed E-state index contributed by atoms with van der Waals surface area (Å²) in [5.74, 6) is 2.38. The lowest BCUT2D eigenvalue weighted by atomic mass is 10.0. The summed E-state index contributed by atoms with van der Waals surface area (Å²) in [5.41, 5.74) is 0. The van der Waals surface area contributed by atoms with Gasteiger partial charge in [0.05, 0.1) is 5.75 Å². The molecule has 1 amide bonds. The van der Waals surface area contributed by atoms with Crippen LogP contribution in [0.15, 0.2) is 34.1 Å². The maximum atomic E-state index is 12.2. The van der Waals surface area contributed by atoms with Crippen molar-refractivity contribution in [2.45, 2.75) is 57.0 Å². The summed E-state index contributed by atoms with van der Waals surface area (Å²) in [5, 5.41) is 3.93. The fourth-order valence-corrected chi connectivity index (χ4v) is 3.23. The van der Waals surface area contributed by atoms with Crippen LogP contribution in [0, 0.1) is 5.92 Å². The standard InChI is InChI=1S/C18H27N3O2S/c1-13(2)6-5-7-14(3)20-17(22)16-9-8-15(23-16)12-24-18-19-10-11-21(18)4/h8-11,13-14H,5-7,12H2,1-4H3,(H,20,22). The first kappa shape index (κ1) is 18.6. The predicted molar refractivity (Wildman–Crippen MR) is 97.1 cm³/mol. The maximum absolute atomic E-state index is 12.2. The average molecular weight is 350 g/mol. The van der Waals surface area contributed by atoms with Crippen LogP contribution in [0.3, 0.4) is 0 Å². The van der Waals surface area contributed by atoms with Gasteiger partial charge >= 0.3 is 0 Å². The molecule has 5 nitrogen and oxygen atoms in total. The van der Waals surface area contributed by atoms with Crippen LogP contribution < -0.4 is 5.32 Å². The van der Waals surface area contributed by atoms with Crippen LogP contribution in [0.4, 0.5) is 0 Å². The third-order valence-electron chi connectivity index (χ3n) is 3.80. The van der Waals surface area contributed by atoms with E-state index >= 15 is 0 Å². The van der Waals surface area contributed by atoms with Crippen LogP contribution in [0.5, 0.6) is 0 Å². The molecular formula is C18H27N3O2S. The van der Waals surface area contributed by atoms with Crippen molar-refractivity contribution in [3.05, 3.63) is 36.0 Å². The second-order valence-electron chi connectivity index (χ2n) is 6.57. The molecule has 2 aromatic rings. The molecular weight excluding hydrogens is 322 g/mol. The van der Waals surface area contributed by atoms with Gasteiger partial charge in [0.25, 0.3) is 5.91 Å². The van der Waals surface area contributed by atoms with Crippen molar-refractivity contribution in [2.75, 3.05) is 0 Å². The zero-order chi connectivity index (χ0) is 17.5. The fraction of sp³-hybridized carbons (Fsp3) is 0.556. The van der Waals surface area contributed by atoms with Crippen LogP contribution in [-0.2, 0) is 12.8 Å². The first-order valence-corrected chi connectivity index (χ1v) is 9.44. The van der Waals surface area contributed by atoms with Gasteiger partial charge in [0, 0.05) is 25.5 Å². The van der Waals surface area contributed by atoms with Gasteiger partial charge in [-0.2, -0.15) is 0 Å². The van der Waals surface area contributed by atoms with E-state index in [-0.39, 0.29) is 11.9 Å². The van der Waals surface area contributed by atoms with Gasteiger partial charge in [-0.05, 0) is 31.4 Å². The molecule has 1 unspecified atom stereocenters. The summed E-state index contributed by atoms with van der Waals surface area (Å²) in [6.07, 6.45) is 6.99. The molecule has 132 valence electrons. The molecule has 1 N–H and O–H groups in total. The number of hydrogen-bond donors (Lipinski definition) is 1.